The van der Waals surface area contributed by atoms with Crippen molar-refractivity contribution < 1.29 is 26.8 Å². The summed E-state index contributed by atoms with van der Waals surface area (Å²) in [6.45, 7) is 9.33. The molecule has 0 radical (unpaired) electrons. The summed E-state index contributed by atoms with van der Waals surface area (Å²) in [5, 5.41) is 13.0. The number of nitrogens with zero attached hydrogens (tertiary/aromatic N) is 1. The van der Waals surface area contributed by atoms with Crippen molar-refractivity contribution in [3.63, 3.8) is 0 Å². The van der Waals surface area contributed by atoms with Gasteiger partial charge in [0, 0.05) is 28.3 Å². The van der Waals surface area contributed by atoms with E-state index in [1.165, 1.54) is 122 Å². The molecule has 1 N–H and O–H groups in total. The fraction of sp³-hybridized carbons (Fsp3) is 1.00. The van der Waals surface area contributed by atoms with Crippen molar-refractivity contribution >= 4 is 24.8 Å². The molecule has 0 heterocycles. The Balaban J connectivity index is -0.000000195. The molecule has 0 aliphatic carbocycles. The molecule has 0 saturated heterocycles. The Hall–Kier alpha value is 1.21. The molecule has 0 atom stereocenters. The van der Waals surface area contributed by atoms with E-state index in [9.17, 15) is 0 Å². The first-order chi connectivity index (χ1) is 13.8. The number of hydrogen-bond acceptors (Lipinski definition) is 1. The van der Waals surface area contributed by atoms with E-state index in [-0.39, 0.29) is 46.5 Å². The topological polar surface area (TPSA) is 34.3 Å². The predicted octanol–water partition coefficient (Wildman–Crippen LogP) is 10.0. The molecule has 0 bridgehead atoms. The summed E-state index contributed by atoms with van der Waals surface area (Å²) in [5.74, 6) is 0. The van der Waals surface area contributed by atoms with Crippen LogP contribution in [0.3, 0.4) is 0 Å². The average Bonchev–Trinajstić information content (AvgIpc) is 2.71. The smallest absolute Gasteiger partial charge is 0.0431 e. The molecule has 0 spiro atoms. The third-order valence-electron chi connectivity index (χ3n) is 5.35. The van der Waals surface area contributed by atoms with E-state index in [0.29, 0.717) is 6.61 Å². The van der Waals surface area contributed by atoms with E-state index in [1.807, 2.05) is 0 Å². The number of aliphatic hydroxyl groups excluding tert-OH is 1. The molecule has 5 heteroatoms. The maximum Gasteiger partial charge on any atom is 0.0431 e. The number of rotatable bonds is 22. The monoisotopic (exact) mass is 518 g/mol. The fourth-order valence-electron chi connectivity index (χ4n) is 3.37. The van der Waals surface area contributed by atoms with Crippen LogP contribution in [0.2, 0.25) is 0 Å². The van der Waals surface area contributed by atoms with Gasteiger partial charge in [0.15, 0.2) is 0 Å². The van der Waals surface area contributed by atoms with E-state index >= 15 is 0 Å². The Morgan fingerprint density at radius 2 is 0.677 bits per heavy atom. The Morgan fingerprint density at radius 3 is 0.968 bits per heavy atom. The van der Waals surface area contributed by atoms with Gasteiger partial charge in [0.05, 0.1) is 0 Å². The van der Waals surface area contributed by atoms with E-state index in [1.54, 1.807) is 0 Å². The van der Waals surface area contributed by atoms with E-state index in [2.05, 4.69) is 26.1 Å². The summed E-state index contributed by atoms with van der Waals surface area (Å²) in [6.07, 6.45) is 27.2. The van der Waals surface area contributed by atoms with E-state index in [0.717, 1.165) is 19.5 Å². The van der Waals surface area contributed by atoms with Gasteiger partial charge in [-0.25, -0.2) is 0 Å². The minimum atomic E-state index is 0. The summed E-state index contributed by atoms with van der Waals surface area (Å²) in [5.41, 5.74) is 0. The third kappa shape index (κ3) is 49.4. The van der Waals surface area contributed by atoms with Crippen LogP contribution >= 0.6 is 24.8 Å². The standard InChI is InChI=1S/C20H42N.C6H14O.2ClH.Ti/c1-3-5-7-9-11-13-15-17-19-21-20-18-16-14-12-10-8-6-4-2;1-2-3-4-5-6-7;;;/h3-20H2,1-2H3;7H,2-6H2,1H3;2*1H;/q-1;;;;. The second-order valence-corrected chi connectivity index (χ2v) is 8.40. The molecule has 0 aromatic rings. The van der Waals surface area contributed by atoms with Gasteiger partial charge in [-0.3, -0.25) is 0 Å². The first kappa shape index (κ1) is 42.4. The molecule has 0 rings (SSSR count). The zero-order valence-corrected chi connectivity index (χ0v) is 24.7. The van der Waals surface area contributed by atoms with Crippen molar-refractivity contribution in [1.82, 2.24) is 0 Å². The van der Waals surface area contributed by atoms with Crippen molar-refractivity contribution in [2.24, 2.45) is 0 Å². The Kier molecular flexibility index (Phi) is 61.3. The van der Waals surface area contributed by atoms with Crippen LogP contribution in [0.15, 0.2) is 0 Å². The number of hydrogen-bond donors (Lipinski definition) is 1. The summed E-state index contributed by atoms with van der Waals surface area (Å²) in [6, 6.07) is 0. The molecule has 0 aromatic carbocycles. The van der Waals surface area contributed by atoms with Crippen molar-refractivity contribution in [1.29, 1.82) is 0 Å². The second-order valence-electron chi connectivity index (χ2n) is 8.40. The number of halogens is 2. The van der Waals surface area contributed by atoms with Gasteiger partial charge in [-0.15, -0.1) is 37.9 Å². The van der Waals surface area contributed by atoms with Crippen molar-refractivity contribution in [2.75, 3.05) is 19.7 Å². The summed E-state index contributed by atoms with van der Waals surface area (Å²) in [7, 11) is 0. The number of aliphatic hydroxyl groups is 1. The summed E-state index contributed by atoms with van der Waals surface area (Å²) >= 11 is 0. The van der Waals surface area contributed by atoms with Crippen LogP contribution in [0.4, 0.5) is 0 Å². The quantitative estimate of drug-likeness (QED) is 0.112. The van der Waals surface area contributed by atoms with Gasteiger partial charge in [-0.1, -0.05) is 143 Å². The van der Waals surface area contributed by atoms with Crippen molar-refractivity contribution in [2.45, 2.75) is 149 Å². The maximum atomic E-state index is 8.29. The van der Waals surface area contributed by atoms with Crippen LogP contribution in [0.25, 0.3) is 5.32 Å². The SMILES string of the molecule is CCCCCCCCCC[N-]CCCCCCCCCC.CCCCCCO.Cl.Cl.[Ti]. The largest absolute Gasteiger partial charge is 0.662 e. The van der Waals surface area contributed by atoms with Gasteiger partial charge in [0.25, 0.3) is 0 Å². The van der Waals surface area contributed by atoms with Gasteiger partial charge in [0.2, 0.25) is 0 Å². The van der Waals surface area contributed by atoms with Crippen LogP contribution < -0.4 is 0 Å². The van der Waals surface area contributed by atoms with Crippen molar-refractivity contribution in [3.8, 4) is 0 Å². The first-order valence-electron chi connectivity index (χ1n) is 13.1. The summed E-state index contributed by atoms with van der Waals surface area (Å²) < 4.78 is 0. The molecule has 0 amide bonds. The third-order valence-corrected chi connectivity index (χ3v) is 5.35. The fourth-order valence-corrected chi connectivity index (χ4v) is 3.37. The number of unbranched alkanes of at least 4 members (excludes halogenated alkanes) is 17. The summed E-state index contributed by atoms with van der Waals surface area (Å²) in [4.78, 5) is 0. The molecular weight excluding hydrogens is 461 g/mol. The minimum absolute atomic E-state index is 0. The van der Waals surface area contributed by atoms with Gasteiger partial charge in [0.1, 0.15) is 0 Å². The molecular formula is C26H58Cl2NOTi-. The normalized spacial score (nSPS) is 9.68. The zero-order chi connectivity index (χ0) is 21.0. The van der Waals surface area contributed by atoms with E-state index in [4.69, 9.17) is 5.11 Å². The molecule has 0 aliphatic heterocycles. The predicted molar refractivity (Wildman–Crippen MR) is 144 cm³/mol. The van der Waals surface area contributed by atoms with Gasteiger partial charge < -0.3 is 10.4 Å². The second kappa shape index (κ2) is 44.8. The van der Waals surface area contributed by atoms with Crippen LogP contribution in [-0.2, 0) is 21.7 Å². The van der Waals surface area contributed by atoms with Crippen LogP contribution in [0.1, 0.15) is 149 Å². The van der Waals surface area contributed by atoms with Crippen LogP contribution in [0.5, 0.6) is 0 Å². The van der Waals surface area contributed by atoms with Gasteiger partial charge >= 0.3 is 0 Å². The zero-order valence-electron chi connectivity index (χ0n) is 21.5. The van der Waals surface area contributed by atoms with Crippen LogP contribution in [0, 0.1) is 0 Å². The van der Waals surface area contributed by atoms with Gasteiger partial charge in [-0.2, -0.15) is 0 Å². The average molecular weight is 520 g/mol. The first-order valence-corrected chi connectivity index (χ1v) is 13.1. The molecule has 0 aliphatic rings. The molecule has 31 heavy (non-hydrogen) atoms. The molecule has 0 saturated carbocycles. The Labute approximate surface area is 225 Å². The van der Waals surface area contributed by atoms with Gasteiger partial charge in [-0.05, 0) is 6.42 Å². The Morgan fingerprint density at radius 1 is 0.419 bits per heavy atom. The molecule has 0 aromatic heterocycles. The van der Waals surface area contributed by atoms with Crippen molar-refractivity contribution in [3.05, 3.63) is 5.32 Å². The molecule has 2 nitrogen and oxygen atoms in total. The Bertz CT molecular complexity index is 227. The van der Waals surface area contributed by atoms with E-state index < -0.39 is 0 Å². The minimum Gasteiger partial charge on any atom is -0.662 e. The van der Waals surface area contributed by atoms with Crippen LogP contribution in [-0.4, -0.2) is 24.8 Å². The molecule has 0 fully saturated rings. The maximum absolute atomic E-state index is 8.29. The molecule has 192 valence electrons. The molecule has 0 unspecified atom stereocenters.